The van der Waals surface area contributed by atoms with Crippen molar-refractivity contribution in [3.05, 3.63) is 64.6 Å². The molecular weight excluding hydrogens is 484 g/mol. The van der Waals surface area contributed by atoms with Crippen LogP contribution in [-0.2, 0) is 16.1 Å². The Morgan fingerprint density at radius 1 is 1.14 bits per heavy atom. The highest BCUT2D eigenvalue weighted by Gasteiger charge is 2.21. The van der Waals surface area contributed by atoms with Gasteiger partial charge in [0.05, 0.1) is 11.3 Å². The molecule has 2 heterocycles. The molecule has 9 nitrogen and oxygen atoms in total. The maximum atomic E-state index is 14.0. The van der Waals surface area contributed by atoms with E-state index in [0.717, 1.165) is 12.1 Å². The standard InChI is InChI=1S/C26H31F2N5O4/c1-7-22(37-26(4,5)6)29-12-21(34)31-32-25(35)23-16(3)30-24-20(11-15(2)13-33(23)24)36-14-17-18(27)9-8-10-19(17)28/h8-11,13H,7,12,14H2,1-6H3,(H,31,34)(H,32,35). The fourth-order valence-electron chi connectivity index (χ4n) is 3.51. The van der Waals surface area contributed by atoms with Gasteiger partial charge in [0, 0.05) is 12.6 Å². The normalized spacial score (nSPS) is 11.9. The van der Waals surface area contributed by atoms with E-state index in [2.05, 4.69) is 20.8 Å². The minimum atomic E-state index is -0.723. The molecule has 0 aliphatic heterocycles. The summed E-state index contributed by atoms with van der Waals surface area (Å²) in [6, 6.07) is 5.23. The van der Waals surface area contributed by atoms with Crippen LogP contribution in [0.4, 0.5) is 8.78 Å². The second kappa shape index (κ2) is 11.4. The Morgan fingerprint density at radius 3 is 2.43 bits per heavy atom. The molecule has 0 saturated heterocycles. The number of aryl methyl sites for hydroxylation is 2. The number of carbonyl (C=O) groups is 2. The van der Waals surface area contributed by atoms with Gasteiger partial charge in [0.1, 0.15) is 36.1 Å². The van der Waals surface area contributed by atoms with E-state index in [9.17, 15) is 18.4 Å². The van der Waals surface area contributed by atoms with E-state index in [1.54, 1.807) is 26.1 Å². The van der Waals surface area contributed by atoms with Crippen molar-refractivity contribution in [3.8, 4) is 5.75 Å². The van der Waals surface area contributed by atoms with Crippen LogP contribution in [0.2, 0.25) is 0 Å². The third kappa shape index (κ3) is 7.02. The summed E-state index contributed by atoms with van der Waals surface area (Å²) in [6.45, 7) is 10.3. The summed E-state index contributed by atoms with van der Waals surface area (Å²) in [6.07, 6.45) is 2.19. The van der Waals surface area contributed by atoms with Crippen LogP contribution in [0, 0.1) is 25.5 Å². The predicted octanol–water partition coefficient (Wildman–Crippen LogP) is 4.19. The Hall–Kier alpha value is -4.02. The molecule has 2 N–H and O–H groups in total. The van der Waals surface area contributed by atoms with Gasteiger partial charge in [0.25, 0.3) is 11.8 Å². The molecule has 198 valence electrons. The minimum absolute atomic E-state index is 0.162. The Bertz CT molecular complexity index is 1320. The molecule has 3 aromatic rings. The van der Waals surface area contributed by atoms with Crippen LogP contribution in [-0.4, -0.2) is 39.2 Å². The second-order valence-electron chi connectivity index (χ2n) is 9.39. The SMILES string of the molecule is CCC(=NCC(=O)NNC(=O)c1c(C)nc2c(OCc3c(F)cccc3F)cc(C)cn12)OC(C)(C)C. The molecular formula is C26H31F2N5O4. The first kappa shape index (κ1) is 27.6. The van der Waals surface area contributed by atoms with Crippen LogP contribution in [0.25, 0.3) is 5.65 Å². The minimum Gasteiger partial charge on any atom is -0.485 e. The van der Waals surface area contributed by atoms with Gasteiger partial charge in [-0.3, -0.25) is 24.8 Å². The highest BCUT2D eigenvalue weighted by molar-refractivity contribution is 5.96. The number of aromatic nitrogens is 2. The molecule has 0 aliphatic rings. The number of carbonyl (C=O) groups excluding carboxylic acids is 2. The number of amides is 2. The molecule has 37 heavy (non-hydrogen) atoms. The van der Waals surface area contributed by atoms with Crippen LogP contribution >= 0.6 is 0 Å². The zero-order valence-electron chi connectivity index (χ0n) is 21.7. The lowest BCUT2D eigenvalue weighted by Crippen LogP contribution is -2.43. The molecule has 3 rings (SSSR count). The lowest BCUT2D eigenvalue weighted by atomic mass is 10.2. The number of ether oxygens (including phenoxy) is 2. The average Bonchev–Trinajstić information content (AvgIpc) is 3.14. The number of halogens is 2. The number of rotatable bonds is 7. The molecule has 0 saturated carbocycles. The average molecular weight is 516 g/mol. The summed E-state index contributed by atoms with van der Waals surface area (Å²) in [5.74, 6) is -1.91. The molecule has 0 atom stereocenters. The first-order chi connectivity index (χ1) is 17.4. The maximum Gasteiger partial charge on any atom is 0.288 e. The van der Waals surface area contributed by atoms with Crippen LogP contribution < -0.4 is 15.6 Å². The van der Waals surface area contributed by atoms with Gasteiger partial charge in [-0.2, -0.15) is 0 Å². The van der Waals surface area contributed by atoms with Crippen molar-refractivity contribution in [1.82, 2.24) is 20.2 Å². The highest BCUT2D eigenvalue weighted by atomic mass is 19.1. The number of fused-ring (bicyclic) bond motifs is 1. The molecule has 0 bridgehead atoms. The number of benzene rings is 1. The summed E-state index contributed by atoms with van der Waals surface area (Å²) >= 11 is 0. The van der Waals surface area contributed by atoms with Gasteiger partial charge < -0.3 is 9.47 Å². The summed E-state index contributed by atoms with van der Waals surface area (Å²) in [7, 11) is 0. The van der Waals surface area contributed by atoms with E-state index in [1.807, 2.05) is 27.7 Å². The van der Waals surface area contributed by atoms with Gasteiger partial charge >= 0.3 is 0 Å². The van der Waals surface area contributed by atoms with Gasteiger partial charge in [-0.05, 0) is 58.4 Å². The molecule has 2 amide bonds. The van der Waals surface area contributed by atoms with Crippen molar-refractivity contribution in [2.45, 2.75) is 60.2 Å². The zero-order valence-corrected chi connectivity index (χ0v) is 21.7. The molecule has 1 aromatic carbocycles. The number of hydrazine groups is 1. The summed E-state index contributed by atoms with van der Waals surface area (Å²) in [5, 5.41) is 0. The van der Waals surface area contributed by atoms with E-state index < -0.39 is 29.0 Å². The van der Waals surface area contributed by atoms with Crippen molar-refractivity contribution in [3.63, 3.8) is 0 Å². The van der Waals surface area contributed by atoms with Gasteiger partial charge in [0.2, 0.25) is 0 Å². The molecule has 0 fully saturated rings. The number of nitrogens with one attached hydrogen (secondary N) is 2. The van der Waals surface area contributed by atoms with Gasteiger partial charge in [-0.15, -0.1) is 0 Å². The quantitative estimate of drug-likeness (QED) is 0.279. The van der Waals surface area contributed by atoms with Crippen LogP contribution in [0.1, 0.15) is 61.4 Å². The number of hydrogen-bond donors (Lipinski definition) is 2. The smallest absolute Gasteiger partial charge is 0.288 e. The molecule has 11 heteroatoms. The topological polar surface area (TPSA) is 106 Å². The molecule has 0 unspecified atom stereocenters. The second-order valence-corrected chi connectivity index (χ2v) is 9.39. The maximum absolute atomic E-state index is 14.0. The number of nitrogens with zero attached hydrogens (tertiary/aromatic N) is 3. The van der Waals surface area contributed by atoms with E-state index >= 15 is 0 Å². The first-order valence-corrected chi connectivity index (χ1v) is 11.8. The zero-order chi connectivity index (χ0) is 27.3. The lowest BCUT2D eigenvalue weighted by molar-refractivity contribution is -0.120. The first-order valence-electron chi connectivity index (χ1n) is 11.8. The predicted molar refractivity (Wildman–Crippen MR) is 134 cm³/mol. The summed E-state index contributed by atoms with van der Waals surface area (Å²) < 4.78 is 40.9. The van der Waals surface area contributed by atoms with Crippen molar-refractivity contribution >= 4 is 23.4 Å². The number of pyridine rings is 1. The van der Waals surface area contributed by atoms with E-state index in [0.29, 0.717) is 23.6 Å². The Morgan fingerprint density at radius 2 is 1.81 bits per heavy atom. The third-order valence-electron chi connectivity index (χ3n) is 5.09. The van der Waals surface area contributed by atoms with Crippen molar-refractivity contribution in [2.24, 2.45) is 4.99 Å². The molecule has 2 aromatic heterocycles. The van der Waals surface area contributed by atoms with Crippen LogP contribution in [0.15, 0.2) is 35.5 Å². The molecule has 0 radical (unpaired) electrons. The lowest BCUT2D eigenvalue weighted by Gasteiger charge is -2.21. The van der Waals surface area contributed by atoms with Gasteiger partial charge in [-0.25, -0.2) is 18.8 Å². The van der Waals surface area contributed by atoms with E-state index in [4.69, 9.17) is 9.47 Å². The fraction of sp³-hybridized carbons (Fsp3) is 0.385. The van der Waals surface area contributed by atoms with Gasteiger partial charge in [-0.1, -0.05) is 13.0 Å². The van der Waals surface area contributed by atoms with Crippen molar-refractivity contribution < 1.29 is 27.8 Å². The number of imidazole rings is 1. The Balaban J connectivity index is 1.75. The largest absolute Gasteiger partial charge is 0.485 e. The van der Waals surface area contributed by atoms with Crippen LogP contribution in [0.3, 0.4) is 0 Å². The molecule has 0 spiro atoms. The van der Waals surface area contributed by atoms with Crippen molar-refractivity contribution in [1.29, 1.82) is 0 Å². The van der Waals surface area contributed by atoms with Crippen LogP contribution in [0.5, 0.6) is 5.75 Å². The van der Waals surface area contributed by atoms with Gasteiger partial charge in [0.15, 0.2) is 17.3 Å². The molecule has 0 aliphatic carbocycles. The number of aliphatic imine (C=N–C) groups is 1. The van der Waals surface area contributed by atoms with Crippen molar-refractivity contribution in [2.75, 3.05) is 6.54 Å². The monoisotopic (exact) mass is 515 g/mol. The third-order valence-corrected chi connectivity index (χ3v) is 5.09. The summed E-state index contributed by atoms with van der Waals surface area (Å²) in [4.78, 5) is 33.7. The number of hydrogen-bond acceptors (Lipinski definition) is 6. The fourth-order valence-corrected chi connectivity index (χ4v) is 3.51. The highest BCUT2D eigenvalue weighted by Crippen LogP contribution is 2.26. The summed E-state index contributed by atoms with van der Waals surface area (Å²) in [5.41, 5.74) is 5.58. The van der Waals surface area contributed by atoms with E-state index in [1.165, 1.54) is 10.5 Å². The Labute approximate surface area is 213 Å². The Kier molecular flexibility index (Phi) is 8.46. The van der Waals surface area contributed by atoms with E-state index in [-0.39, 0.29) is 35.8 Å².